The van der Waals surface area contributed by atoms with E-state index in [-0.39, 0.29) is 17.4 Å². The summed E-state index contributed by atoms with van der Waals surface area (Å²) in [6, 6.07) is 10.4. The summed E-state index contributed by atoms with van der Waals surface area (Å²) in [5.74, 6) is -0.783. The van der Waals surface area contributed by atoms with Crippen LogP contribution in [0.5, 0.6) is 0 Å². The number of piperidine rings is 1. The molecule has 3 rings (SSSR count). The SMILES string of the molecule is O=S(=O)(Cc1cccc(C(F)(F)F)c1)NC1CCN(Cc2ccc(F)cc2)CC1. The molecule has 158 valence electrons. The van der Waals surface area contributed by atoms with E-state index in [4.69, 9.17) is 0 Å². The van der Waals surface area contributed by atoms with Gasteiger partial charge < -0.3 is 0 Å². The minimum Gasteiger partial charge on any atom is -0.299 e. The summed E-state index contributed by atoms with van der Waals surface area (Å²) in [4.78, 5) is 2.16. The second kappa shape index (κ2) is 8.81. The lowest BCUT2D eigenvalue weighted by Crippen LogP contribution is -2.44. The average molecular weight is 430 g/mol. The van der Waals surface area contributed by atoms with Crippen molar-refractivity contribution in [2.45, 2.75) is 37.4 Å². The molecule has 0 aromatic heterocycles. The molecule has 0 atom stereocenters. The van der Waals surface area contributed by atoms with E-state index in [0.717, 1.165) is 17.7 Å². The second-order valence-corrected chi connectivity index (χ2v) is 9.01. The minimum atomic E-state index is -4.51. The molecule has 2 aromatic carbocycles. The topological polar surface area (TPSA) is 49.4 Å². The van der Waals surface area contributed by atoms with Crippen molar-refractivity contribution in [2.24, 2.45) is 0 Å². The van der Waals surface area contributed by atoms with Crippen LogP contribution in [0.15, 0.2) is 48.5 Å². The third-order valence-corrected chi connectivity index (χ3v) is 6.27. The fourth-order valence-corrected chi connectivity index (χ4v) is 4.85. The van der Waals surface area contributed by atoms with Crippen molar-refractivity contribution < 1.29 is 26.0 Å². The van der Waals surface area contributed by atoms with Crippen LogP contribution in [0.4, 0.5) is 17.6 Å². The van der Waals surface area contributed by atoms with Crippen LogP contribution in [0.3, 0.4) is 0 Å². The number of benzene rings is 2. The van der Waals surface area contributed by atoms with Gasteiger partial charge in [-0.15, -0.1) is 0 Å². The summed E-state index contributed by atoms with van der Waals surface area (Å²) in [5.41, 5.74) is 0.218. The third-order valence-electron chi connectivity index (χ3n) is 4.86. The lowest BCUT2D eigenvalue weighted by atomic mass is 10.1. The Labute approximate surface area is 167 Å². The Hall–Kier alpha value is -1.97. The van der Waals surface area contributed by atoms with Gasteiger partial charge in [-0.3, -0.25) is 4.90 Å². The Morgan fingerprint density at radius 3 is 2.28 bits per heavy atom. The number of nitrogens with zero attached hydrogens (tertiary/aromatic N) is 1. The number of rotatable bonds is 6. The molecule has 0 amide bonds. The summed E-state index contributed by atoms with van der Waals surface area (Å²) in [7, 11) is -3.76. The van der Waals surface area contributed by atoms with Gasteiger partial charge in [-0.2, -0.15) is 13.2 Å². The number of hydrogen-bond donors (Lipinski definition) is 1. The Balaban J connectivity index is 1.52. The molecule has 29 heavy (non-hydrogen) atoms. The van der Waals surface area contributed by atoms with Crippen molar-refractivity contribution in [1.29, 1.82) is 0 Å². The van der Waals surface area contributed by atoms with E-state index in [1.807, 2.05) is 0 Å². The largest absolute Gasteiger partial charge is 0.416 e. The second-order valence-electron chi connectivity index (χ2n) is 7.25. The normalized spacial score (nSPS) is 16.8. The van der Waals surface area contributed by atoms with Gasteiger partial charge in [0.1, 0.15) is 5.82 Å². The zero-order valence-corrected chi connectivity index (χ0v) is 16.4. The number of halogens is 4. The molecular weight excluding hydrogens is 408 g/mol. The van der Waals surface area contributed by atoms with Crippen LogP contribution in [0.1, 0.15) is 29.5 Å². The first kappa shape index (κ1) is 21.7. The maximum Gasteiger partial charge on any atom is 0.416 e. The van der Waals surface area contributed by atoms with Crippen molar-refractivity contribution >= 4 is 10.0 Å². The molecule has 4 nitrogen and oxygen atoms in total. The first-order chi connectivity index (χ1) is 13.6. The Kier molecular flexibility index (Phi) is 6.60. The van der Waals surface area contributed by atoms with E-state index in [1.54, 1.807) is 12.1 Å². The van der Waals surface area contributed by atoms with Crippen molar-refractivity contribution in [3.05, 3.63) is 71.0 Å². The number of sulfonamides is 1. The van der Waals surface area contributed by atoms with Crippen LogP contribution in [-0.2, 0) is 28.5 Å². The van der Waals surface area contributed by atoms with Gasteiger partial charge in [-0.05, 0) is 42.2 Å². The summed E-state index contributed by atoms with van der Waals surface area (Å²) < 4.78 is 78.8. The van der Waals surface area contributed by atoms with E-state index in [9.17, 15) is 26.0 Å². The Bertz CT molecular complexity index is 922. The highest BCUT2D eigenvalue weighted by Gasteiger charge is 2.31. The molecule has 1 N–H and O–H groups in total. The van der Waals surface area contributed by atoms with Crippen molar-refractivity contribution in [3.63, 3.8) is 0 Å². The molecule has 2 aromatic rings. The molecule has 0 spiro atoms. The molecule has 0 saturated carbocycles. The first-order valence-electron chi connectivity index (χ1n) is 9.24. The van der Waals surface area contributed by atoms with E-state index in [1.165, 1.54) is 24.3 Å². The molecule has 9 heteroatoms. The van der Waals surface area contributed by atoms with Crippen LogP contribution in [-0.4, -0.2) is 32.4 Å². The number of likely N-dealkylation sites (tertiary alicyclic amines) is 1. The standard InChI is InChI=1S/C20H22F4N2O2S/c21-18-6-4-15(5-7-18)13-26-10-8-19(9-11-26)25-29(27,28)14-16-2-1-3-17(12-16)20(22,23)24/h1-7,12,19,25H,8-11,13-14H2. The summed E-state index contributed by atoms with van der Waals surface area (Å²) in [5, 5.41) is 0. The predicted octanol–water partition coefficient (Wildman–Crippen LogP) is 3.93. The maximum atomic E-state index is 13.0. The highest BCUT2D eigenvalue weighted by Crippen LogP contribution is 2.29. The van der Waals surface area contributed by atoms with Gasteiger partial charge in [0.05, 0.1) is 11.3 Å². The maximum absolute atomic E-state index is 13.0. The lowest BCUT2D eigenvalue weighted by molar-refractivity contribution is -0.137. The average Bonchev–Trinajstić information content (AvgIpc) is 2.64. The van der Waals surface area contributed by atoms with Gasteiger partial charge >= 0.3 is 6.18 Å². The van der Waals surface area contributed by atoms with Crippen LogP contribution >= 0.6 is 0 Å². The van der Waals surface area contributed by atoms with Crippen LogP contribution in [0.2, 0.25) is 0 Å². The molecule has 1 aliphatic rings. The van der Waals surface area contributed by atoms with Gasteiger partial charge in [-0.25, -0.2) is 17.5 Å². The van der Waals surface area contributed by atoms with E-state index < -0.39 is 27.5 Å². The Morgan fingerprint density at radius 1 is 1.00 bits per heavy atom. The zero-order chi connectivity index (χ0) is 21.1. The molecular formula is C20H22F4N2O2S. The lowest BCUT2D eigenvalue weighted by Gasteiger charge is -2.32. The molecule has 0 bridgehead atoms. The van der Waals surface area contributed by atoms with Crippen molar-refractivity contribution in [3.8, 4) is 0 Å². The van der Waals surface area contributed by atoms with Crippen LogP contribution in [0.25, 0.3) is 0 Å². The third kappa shape index (κ3) is 6.52. The molecule has 1 fully saturated rings. The number of alkyl halides is 3. The van der Waals surface area contributed by atoms with Gasteiger partial charge in [0.2, 0.25) is 10.0 Å². The molecule has 0 unspecified atom stereocenters. The molecule has 1 heterocycles. The highest BCUT2D eigenvalue weighted by molar-refractivity contribution is 7.88. The van der Waals surface area contributed by atoms with E-state index in [0.29, 0.717) is 32.5 Å². The predicted molar refractivity (Wildman–Crippen MR) is 102 cm³/mol. The monoisotopic (exact) mass is 430 g/mol. The van der Waals surface area contributed by atoms with Gasteiger partial charge in [-0.1, -0.05) is 30.3 Å². The minimum absolute atomic E-state index is 0.0982. The number of hydrogen-bond acceptors (Lipinski definition) is 3. The quantitative estimate of drug-likeness (QED) is 0.707. The van der Waals surface area contributed by atoms with Crippen molar-refractivity contribution in [2.75, 3.05) is 13.1 Å². The smallest absolute Gasteiger partial charge is 0.299 e. The number of nitrogens with one attached hydrogen (secondary N) is 1. The van der Waals surface area contributed by atoms with E-state index >= 15 is 0 Å². The van der Waals surface area contributed by atoms with E-state index in [2.05, 4.69) is 9.62 Å². The van der Waals surface area contributed by atoms with Crippen LogP contribution < -0.4 is 4.72 Å². The molecule has 1 aliphatic heterocycles. The molecule has 1 saturated heterocycles. The fourth-order valence-electron chi connectivity index (χ4n) is 3.41. The van der Waals surface area contributed by atoms with Gasteiger partial charge in [0.15, 0.2) is 0 Å². The summed E-state index contributed by atoms with van der Waals surface area (Å²) in [6.45, 7) is 2.01. The summed E-state index contributed by atoms with van der Waals surface area (Å²) in [6.07, 6.45) is -3.31. The first-order valence-corrected chi connectivity index (χ1v) is 10.9. The van der Waals surface area contributed by atoms with Crippen molar-refractivity contribution in [1.82, 2.24) is 9.62 Å². The van der Waals surface area contributed by atoms with Gasteiger partial charge in [0.25, 0.3) is 0 Å². The summed E-state index contributed by atoms with van der Waals surface area (Å²) >= 11 is 0. The zero-order valence-electron chi connectivity index (χ0n) is 15.6. The fraction of sp³-hybridized carbons (Fsp3) is 0.400. The van der Waals surface area contributed by atoms with Crippen LogP contribution in [0, 0.1) is 5.82 Å². The molecule has 0 radical (unpaired) electrons. The van der Waals surface area contributed by atoms with Gasteiger partial charge in [0, 0.05) is 25.7 Å². The Morgan fingerprint density at radius 2 is 1.66 bits per heavy atom. The molecule has 0 aliphatic carbocycles. The highest BCUT2D eigenvalue weighted by atomic mass is 32.2.